The van der Waals surface area contributed by atoms with Gasteiger partial charge in [0.15, 0.2) is 12.1 Å². The molecule has 3 heterocycles. The van der Waals surface area contributed by atoms with Crippen LogP contribution < -0.4 is 10.1 Å². The quantitative estimate of drug-likeness (QED) is 0.924. The molecule has 1 N–H and O–H groups in total. The summed E-state index contributed by atoms with van der Waals surface area (Å²) in [6, 6.07) is 3.54. The fourth-order valence-corrected chi connectivity index (χ4v) is 2.51. The van der Waals surface area contributed by atoms with Crippen LogP contribution in [0.4, 0.5) is 0 Å². The van der Waals surface area contributed by atoms with Gasteiger partial charge in [0.2, 0.25) is 5.88 Å². The van der Waals surface area contributed by atoms with Crippen molar-refractivity contribution in [2.24, 2.45) is 0 Å². The Labute approximate surface area is 127 Å². The van der Waals surface area contributed by atoms with E-state index in [0.29, 0.717) is 23.9 Å². The minimum atomic E-state index is -0.256. The van der Waals surface area contributed by atoms with Crippen LogP contribution >= 0.6 is 0 Å². The Bertz CT molecular complexity index is 653. The predicted octanol–water partition coefficient (Wildman–Crippen LogP) is 1.65. The van der Waals surface area contributed by atoms with E-state index >= 15 is 0 Å². The van der Waals surface area contributed by atoms with Crippen molar-refractivity contribution in [2.45, 2.75) is 25.5 Å². The lowest BCUT2D eigenvalue weighted by molar-refractivity contribution is 0.0816. The molecule has 1 aliphatic rings. The predicted molar refractivity (Wildman–Crippen MR) is 76.6 cm³/mol. The Kier molecular flexibility index (Phi) is 4.06. The van der Waals surface area contributed by atoms with E-state index in [0.717, 1.165) is 12.0 Å². The molecule has 2 aromatic rings. The molecule has 1 saturated heterocycles. The molecule has 0 radical (unpaired) electrons. The largest absolute Gasteiger partial charge is 0.481 e. The summed E-state index contributed by atoms with van der Waals surface area (Å²) in [4.78, 5) is 20.3. The lowest BCUT2D eigenvalue weighted by atomic mass is 10.0. The molecule has 22 heavy (non-hydrogen) atoms. The number of carbonyl (C=O) groups is 1. The van der Waals surface area contributed by atoms with E-state index in [1.165, 1.54) is 6.39 Å². The summed E-state index contributed by atoms with van der Waals surface area (Å²) in [5.74, 6) is 0.785. The van der Waals surface area contributed by atoms with Crippen molar-refractivity contribution >= 4 is 5.91 Å². The van der Waals surface area contributed by atoms with Crippen LogP contribution in [-0.4, -0.2) is 35.6 Å². The molecular formula is C15H17N3O4. The molecule has 116 valence electrons. The Morgan fingerprint density at radius 3 is 2.91 bits per heavy atom. The third-order valence-electron chi connectivity index (χ3n) is 3.66. The average molecular weight is 303 g/mol. The average Bonchev–Trinajstić information content (AvgIpc) is 3.16. The number of aromatic nitrogens is 2. The van der Waals surface area contributed by atoms with Crippen LogP contribution in [-0.2, 0) is 4.74 Å². The van der Waals surface area contributed by atoms with Gasteiger partial charge in [-0.1, -0.05) is 0 Å². The number of hydrogen-bond acceptors (Lipinski definition) is 6. The highest BCUT2D eigenvalue weighted by Crippen LogP contribution is 2.29. The number of methoxy groups -OCH3 is 1. The summed E-state index contributed by atoms with van der Waals surface area (Å²) >= 11 is 0. The molecule has 3 rings (SSSR count). The maximum Gasteiger partial charge on any atom is 0.273 e. The number of amides is 1. The maximum absolute atomic E-state index is 12.2. The van der Waals surface area contributed by atoms with E-state index in [-0.39, 0.29) is 18.1 Å². The first-order valence-corrected chi connectivity index (χ1v) is 7.01. The zero-order valence-electron chi connectivity index (χ0n) is 12.4. The molecular weight excluding hydrogens is 286 g/mol. The van der Waals surface area contributed by atoms with Crippen molar-refractivity contribution in [2.75, 3.05) is 13.7 Å². The summed E-state index contributed by atoms with van der Waals surface area (Å²) in [7, 11) is 1.57. The number of nitrogens with zero attached hydrogens (tertiary/aromatic N) is 2. The van der Waals surface area contributed by atoms with E-state index in [1.54, 1.807) is 26.3 Å². The van der Waals surface area contributed by atoms with Gasteiger partial charge in [-0.05, 0) is 19.4 Å². The van der Waals surface area contributed by atoms with Crippen molar-refractivity contribution in [3.05, 3.63) is 41.7 Å². The smallest absolute Gasteiger partial charge is 0.273 e. The van der Waals surface area contributed by atoms with E-state index in [9.17, 15) is 4.79 Å². The number of pyridine rings is 1. The first-order chi connectivity index (χ1) is 10.7. The standard InChI is InChI=1S/C15H17N3O4/c1-9-13(17-8-22-9)15(19)18-11-5-6-21-14(11)10-3-4-12(20-2)16-7-10/h3-4,7-8,11,14H,5-6H2,1-2H3,(H,18,19)/t11-,14+/m0/s1. The summed E-state index contributed by atoms with van der Waals surface area (Å²) in [5.41, 5.74) is 1.21. The van der Waals surface area contributed by atoms with Crippen LogP contribution in [0, 0.1) is 6.92 Å². The highest BCUT2D eigenvalue weighted by Gasteiger charge is 2.32. The molecule has 2 atom stereocenters. The zero-order chi connectivity index (χ0) is 15.5. The molecule has 0 unspecified atom stereocenters. The Morgan fingerprint density at radius 1 is 1.41 bits per heavy atom. The Morgan fingerprint density at radius 2 is 2.27 bits per heavy atom. The normalized spacial score (nSPS) is 20.8. The zero-order valence-corrected chi connectivity index (χ0v) is 12.4. The highest BCUT2D eigenvalue weighted by molar-refractivity contribution is 5.93. The van der Waals surface area contributed by atoms with Gasteiger partial charge in [0, 0.05) is 24.4 Å². The molecule has 0 spiro atoms. The molecule has 0 saturated carbocycles. The second-order valence-electron chi connectivity index (χ2n) is 5.05. The van der Waals surface area contributed by atoms with Crippen LogP contribution in [0.3, 0.4) is 0 Å². The maximum atomic E-state index is 12.2. The van der Waals surface area contributed by atoms with Gasteiger partial charge < -0.3 is 19.2 Å². The van der Waals surface area contributed by atoms with Gasteiger partial charge in [-0.15, -0.1) is 0 Å². The Hall–Kier alpha value is -2.41. The van der Waals surface area contributed by atoms with E-state index in [1.807, 2.05) is 6.07 Å². The lowest BCUT2D eigenvalue weighted by Crippen LogP contribution is -2.37. The number of hydrogen-bond donors (Lipinski definition) is 1. The SMILES string of the molecule is COc1ccc([C@H]2OCC[C@@H]2NC(=O)c2ncoc2C)cn1. The van der Waals surface area contributed by atoms with E-state index < -0.39 is 0 Å². The molecule has 2 aromatic heterocycles. The first kappa shape index (κ1) is 14.5. The number of carbonyl (C=O) groups excluding carboxylic acids is 1. The number of oxazole rings is 1. The third-order valence-corrected chi connectivity index (χ3v) is 3.66. The topological polar surface area (TPSA) is 86.5 Å². The van der Waals surface area contributed by atoms with Gasteiger partial charge in [0.1, 0.15) is 11.9 Å². The number of rotatable bonds is 4. The first-order valence-electron chi connectivity index (χ1n) is 7.01. The van der Waals surface area contributed by atoms with Crippen molar-refractivity contribution in [3.63, 3.8) is 0 Å². The van der Waals surface area contributed by atoms with Crippen molar-refractivity contribution in [1.82, 2.24) is 15.3 Å². The molecule has 1 amide bonds. The Balaban J connectivity index is 1.72. The number of ether oxygens (including phenoxy) is 2. The van der Waals surface area contributed by atoms with Crippen molar-refractivity contribution < 1.29 is 18.7 Å². The molecule has 1 aliphatic heterocycles. The van der Waals surface area contributed by atoms with Gasteiger partial charge in [0.05, 0.1) is 13.2 Å². The summed E-state index contributed by atoms with van der Waals surface area (Å²) in [6.45, 7) is 2.29. The fraction of sp³-hybridized carbons (Fsp3) is 0.400. The van der Waals surface area contributed by atoms with Crippen LogP contribution in [0.1, 0.15) is 34.3 Å². The molecule has 7 nitrogen and oxygen atoms in total. The highest BCUT2D eigenvalue weighted by atomic mass is 16.5. The van der Waals surface area contributed by atoms with Gasteiger partial charge in [0.25, 0.3) is 5.91 Å². The molecule has 7 heteroatoms. The second kappa shape index (κ2) is 6.15. The molecule has 0 aromatic carbocycles. The molecule has 0 aliphatic carbocycles. The molecule has 1 fully saturated rings. The van der Waals surface area contributed by atoms with Crippen LogP contribution in [0.5, 0.6) is 5.88 Å². The van der Waals surface area contributed by atoms with Gasteiger partial charge >= 0.3 is 0 Å². The lowest BCUT2D eigenvalue weighted by Gasteiger charge is -2.19. The van der Waals surface area contributed by atoms with Crippen LogP contribution in [0.2, 0.25) is 0 Å². The van der Waals surface area contributed by atoms with Crippen LogP contribution in [0.15, 0.2) is 29.1 Å². The van der Waals surface area contributed by atoms with Gasteiger partial charge in [-0.2, -0.15) is 0 Å². The monoisotopic (exact) mass is 303 g/mol. The van der Waals surface area contributed by atoms with Crippen molar-refractivity contribution in [1.29, 1.82) is 0 Å². The van der Waals surface area contributed by atoms with Gasteiger partial charge in [-0.3, -0.25) is 4.79 Å². The fourth-order valence-electron chi connectivity index (χ4n) is 2.51. The summed E-state index contributed by atoms with van der Waals surface area (Å²) in [5, 5.41) is 2.95. The van der Waals surface area contributed by atoms with E-state index in [2.05, 4.69) is 15.3 Å². The third kappa shape index (κ3) is 2.80. The summed E-state index contributed by atoms with van der Waals surface area (Å²) < 4.78 is 15.8. The van der Waals surface area contributed by atoms with Gasteiger partial charge in [-0.25, -0.2) is 9.97 Å². The number of nitrogens with one attached hydrogen (secondary N) is 1. The minimum absolute atomic E-state index is 0.126. The second-order valence-corrected chi connectivity index (χ2v) is 5.05. The molecule has 0 bridgehead atoms. The minimum Gasteiger partial charge on any atom is -0.481 e. The van der Waals surface area contributed by atoms with Crippen molar-refractivity contribution in [3.8, 4) is 5.88 Å². The number of aryl methyl sites for hydroxylation is 1. The van der Waals surface area contributed by atoms with E-state index in [4.69, 9.17) is 13.9 Å². The summed E-state index contributed by atoms with van der Waals surface area (Å²) in [6.07, 6.45) is 3.48. The van der Waals surface area contributed by atoms with Crippen LogP contribution in [0.25, 0.3) is 0 Å².